The van der Waals surface area contributed by atoms with Crippen molar-refractivity contribution >= 4 is 17.2 Å². The van der Waals surface area contributed by atoms with Gasteiger partial charge in [-0.05, 0) is 44.7 Å². The first-order valence-electron chi connectivity index (χ1n) is 8.98. The number of aryl methyl sites for hydroxylation is 1. The predicted octanol–water partition coefficient (Wildman–Crippen LogP) is 0.757. The van der Waals surface area contributed by atoms with Crippen LogP contribution in [-0.4, -0.2) is 59.2 Å². The van der Waals surface area contributed by atoms with Gasteiger partial charge in [0.05, 0.1) is 22.8 Å². The fourth-order valence-corrected chi connectivity index (χ4v) is 4.18. The van der Waals surface area contributed by atoms with E-state index in [1.54, 1.807) is 11.3 Å². The monoisotopic (exact) mass is 352 g/mol. The first-order chi connectivity index (χ1) is 11.6. The average Bonchev–Trinajstić information content (AvgIpc) is 3.23. The molecule has 0 radical (unpaired) electrons. The quantitative estimate of drug-likeness (QED) is 0.704. The van der Waals surface area contributed by atoms with E-state index in [-0.39, 0.29) is 18.1 Å². The third-order valence-corrected chi connectivity index (χ3v) is 6.03. The number of rotatable bonds is 6. The summed E-state index contributed by atoms with van der Waals surface area (Å²) in [7, 11) is 0. The lowest BCUT2D eigenvalue weighted by molar-refractivity contribution is -0.123. The van der Waals surface area contributed by atoms with Crippen LogP contribution in [0.5, 0.6) is 0 Å². The number of likely N-dealkylation sites (tertiary alicyclic amines) is 1. The van der Waals surface area contributed by atoms with Crippen LogP contribution < -0.4 is 10.6 Å². The molecule has 2 aliphatic heterocycles. The fourth-order valence-electron chi connectivity index (χ4n) is 3.45. The summed E-state index contributed by atoms with van der Waals surface area (Å²) in [6.07, 6.45) is 3.39. The lowest BCUT2D eigenvalue weighted by Crippen LogP contribution is -2.44. The van der Waals surface area contributed by atoms with E-state index < -0.39 is 0 Å². The van der Waals surface area contributed by atoms with Gasteiger partial charge in [0.15, 0.2) is 0 Å². The summed E-state index contributed by atoms with van der Waals surface area (Å²) in [5, 5.41) is 19.0. The highest BCUT2D eigenvalue weighted by Crippen LogP contribution is 2.19. The molecule has 2 saturated heterocycles. The molecule has 3 N–H and O–H groups in total. The summed E-state index contributed by atoms with van der Waals surface area (Å²) in [6, 6.07) is -0.225. The number of β-amino-alcohol motifs (C(OH)–C–C–N with tert-alkyl or cyclic N) is 1. The number of aliphatic hydroxyl groups is 1. The molecular formula is C17H28N4O2S. The molecule has 2 fully saturated rings. The minimum Gasteiger partial charge on any atom is -0.392 e. The van der Waals surface area contributed by atoms with Crippen molar-refractivity contribution in [2.45, 2.75) is 51.3 Å². The first kappa shape index (κ1) is 17.8. The van der Waals surface area contributed by atoms with Gasteiger partial charge in [0.1, 0.15) is 0 Å². The Morgan fingerprint density at radius 1 is 1.50 bits per heavy atom. The Hall–Kier alpha value is -1.02. The molecule has 7 heteroatoms. The van der Waals surface area contributed by atoms with Crippen molar-refractivity contribution in [1.29, 1.82) is 0 Å². The zero-order valence-electron chi connectivity index (χ0n) is 14.3. The Morgan fingerprint density at radius 3 is 2.92 bits per heavy atom. The van der Waals surface area contributed by atoms with Crippen molar-refractivity contribution in [3.05, 3.63) is 16.1 Å². The lowest BCUT2D eigenvalue weighted by Gasteiger charge is -2.31. The van der Waals surface area contributed by atoms with Gasteiger partial charge in [0.25, 0.3) is 0 Å². The van der Waals surface area contributed by atoms with Gasteiger partial charge in [-0.1, -0.05) is 6.92 Å². The van der Waals surface area contributed by atoms with E-state index in [1.807, 2.05) is 0 Å². The molecule has 24 heavy (non-hydrogen) atoms. The number of amides is 1. The molecule has 6 nitrogen and oxygen atoms in total. The van der Waals surface area contributed by atoms with Crippen molar-refractivity contribution in [3.63, 3.8) is 0 Å². The predicted molar refractivity (Wildman–Crippen MR) is 94.9 cm³/mol. The first-order valence-corrected chi connectivity index (χ1v) is 9.86. The topological polar surface area (TPSA) is 77.5 Å². The van der Waals surface area contributed by atoms with E-state index in [4.69, 9.17) is 0 Å². The zero-order valence-corrected chi connectivity index (χ0v) is 15.1. The van der Waals surface area contributed by atoms with Gasteiger partial charge in [-0.2, -0.15) is 0 Å². The highest BCUT2D eigenvalue weighted by molar-refractivity contribution is 7.09. The van der Waals surface area contributed by atoms with Crippen LogP contribution in [0, 0.1) is 5.92 Å². The summed E-state index contributed by atoms with van der Waals surface area (Å²) >= 11 is 1.75. The number of piperidine rings is 1. The summed E-state index contributed by atoms with van der Waals surface area (Å²) < 4.78 is 0. The van der Waals surface area contributed by atoms with Crippen molar-refractivity contribution in [2.24, 2.45) is 5.92 Å². The lowest BCUT2D eigenvalue weighted by atomic mass is 9.96. The van der Waals surface area contributed by atoms with Crippen molar-refractivity contribution in [2.75, 3.05) is 26.2 Å². The van der Waals surface area contributed by atoms with Crippen molar-refractivity contribution in [1.82, 2.24) is 20.5 Å². The van der Waals surface area contributed by atoms with Crippen LogP contribution in [0.15, 0.2) is 5.38 Å². The molecule has 134 valence electrons. The molecule has 2 aliphatic rings. The van der Waals surface area contributed by atoms with Crippen molar-refractivity contribution in [3.8, 4) is 0 Å². The van der Waals surface area contributed by atoms with Gasteiger partial charge in [0, 0.05) is 25.0 Å². The van der Waals surface area contributed by atoms with Crippen LogP contribution in [0.4, 0.5) is 0 Å². The molecule has 2 atom stereocenters. The summed E-state index contributed by atoms with van der Waals surface area (Å²) in [6.45, 7) is 6.49. The highest BCUT2D eigenvalue weighted by Gasteiger charge is 2.28. The molecule has 1 aromatic rings. The third kappa shape index (κ3) is 4.75. The SMILES string of the molecule is CCc1nc(CN2CCC(CNC(=O)[C@H]3C[C@H](O)CN3)CC2)cs1. The summed E-state index contributed by atoms with van der Waals surface area (Å²) in [5.41, 5.74) is 1.19. The number of carbonyl (C=O) groups excluding carboxylic acids is 1. The molecule has 1 amide bonds. The maximum atomic E-state index is 12.1. The number of aliphatic hydroxyl groups excluding tert-OH is 1. The standard InChI is InChI=1S/C17H28N4O2S/c1-2-16-20-13(11-24-16)10-21-5-3-12(4-6-21)8-19-17(23)15-7-14(22)9-18-15/h11-12,14-15,18,22H,2-10H2,1H3,(H,19,23)/t14-,15+/m0/s1. The van der Waals surface area contributed by atoms with E-state index in [9.17, 15) is 9.90 Å². The molecular weight excluding hydrogens is 324 g/mol. The molecule has 3 rings (SSSR count). The molecule has 3 heterocycles. The Kier molecular flexibility index (Phi) is 6.21. The van der Waals surface area contributed by atoms with Gasteiger partial charge >= 0.3 is 0 Å². The number of carbonyl (C=O) groups is 1. The van der Waals surface area contributed by atoms with Gasteiger partial charge in [-0.15, -0.1) is 11.3 Å². The van der Waals surface area contributed by atoms with Gasteiger partial charge < -0.3 is 15.7 Å². The third-order valence-electron chi connectivity index (χ3n) is 4.98. The zero-order chi connectivity index (χ0) is 16.9. The van der Waals surface area contributed by atoms with Crippen LogP contribution in [-0.2, 0) is 17.8 Å². The van der Waals surface area contributed by atoms with Crippen LogP contribution in [0.25, 0.3) is 0 Å². The Bertz CT molecular complexity index is 542. The van der Waals surface area contributed by atoms with E-state index >= 15 is 0 Å². The number of aromatic nitrogens is 1. The highest BCUT2D eigenvalue weighted by atomic mass is 32.1. The van der Waals surface area contributed by atoms with Gasteiger partial charge in [-0.3, -0.25) is 9.69 Å². The van der Waals surface area contributed by atoms with E-state index in [1.165, 1.54) is 10.7 Å². The van der Waals surface area contributed by atoms with Crippen LogP contribution >= 0.6 is 11.3 Å². The second kappa shape index (κ2) is 8.38. The average molecular weight is 353 g/mol. The maximum Gasteiger partial charge on any atom is 0.237 e. The van der Waals surface area contributed by atoms with Gasteiger partial charge in [0.2, 0.25) is 5.91 Å². The van der Waals surface area contributed by atoms with Gasteiger partial charge in [-0.25, -0.2) is 4.98 Å². The number of nitrogens with zero attached hydrogens (tertiary/aromatic N) is 2. The number of nitrogens with one attached hydrogen (secondary N) is 2. The van der Waals surface area contributed by atoms with E-state index in [0.717, 1.165) is 45.4 Å². The molecule has 1 aromatic heterocycles. The number of hydrogen-bond donors (Lipinski definition) is 3. The molecule has 0 saturated carbocycles. The fraction of sp³-hybridized carbons (Fsp3) is 0.765. The van der Waals surface area contributed by atoms with E-state index in [0.29, 0.717) is 18.9 Å². The molecule has 0 aliphatic carbocycles. The maximum absolute atomic E-state index is 12.1. The summed E-state index contributed by atoms with van der Waals surface area (Å²) in [4.78, 5) is 19.2. The Balaban J connectivity index is 1.35. The van der Waals surface area contributed by atoms with Crippen LogP contribution in [0.1, 0.15) is 36.9 Å². The molecule has 0 spiro atoms. The minimum absolute atomic E-state index is 0.0311. The van der Waals surface area contributed by atoms with E-state index in [2.05, 4.69) is 32.8 Å². The molecule has 0 aromatic carbocycles. The Labute approximate surface area is 147 Å². The minimum atomic E-state index is -0.386. The second-order valence-corrected chi connectivity index (χ2v) is 7.84. The number of hydrogen-bond acceptors (Lipinski definition) is 6. The largest absolute Gasteiger partial charge is 0.392 e. The normalized spacial score (nSPS) is 25.9. The van der Waals surface area contributed by atoms with Crippen LogP contribution in [0.3, 0.4) is 0 Å². The van der Waals surface area contributed by atoms with Crippen molar-refractivity contribution < 1.29 is 9.90 Å². The van der Waals surface area contributed by atoms with Crippen LogP contribution in [0.2, 0.25) is 0 Å². The summed E-state index contributed by atoms with van der Waals surface area (Å²) in [5.74, 6) is 0.585. The molecule has 0 unspecified atom stereocenters. The smallest absolute Gasteiger partial charge is 0.237 e. The Morgan fingerprint density at radius 2 is 2.29 bits per heavy atom. The number of thiazole rings is 1. The molecule has 0 bridgehead atoms. The second-order valence-electron chi connectivity index (χ2n) is 6.90.